The molecule has 1 aliphatic rings. The van der Waals surface area contributed by atoms with Crippen LogP contribution in [0.1, 0.15) is 35.2 Å². The smallest absolute Gasteiger partial charge is 0.254 e. The molecule has 1 unspecified atom stereocenters. The van der Waals surface area contributed by atoms with Gasteiger partial charge in [0.05, 0.1) is 18.8 Å². The minimum atomic E-state index is 0.144. The van der Waals surface area contributed by atoms with E-state index in [1.165, 1.54) is 6.42 Å². The third-order valence-corrected chi connectivity index (χ3v) is 5.21. The first kappa shape index (κ1) is 15.9. The van der Waals surface area contributed by atoms with E-state index < -0.39 is 0 Å². The van der Waals surface area contributed by atoms with Crippen molar-refractivity contribution in [1.82, 2.24) is 19.2 Å². The fraction of sp³-hybridized carbons (Fsp3) is 0.400. The number of carbonyl (C=O) groups excluding carboxylic acids is 1. The monoisotopic (exact) mass is 336 g/mol. The van der Waals surface area contributed by atoms with E-state index in [-0.39, 0.29) is 11.9 Å². The van der Waals surface area contributed by atoms with Gasteiger partial charge in [0, 0.05) is 42.5 Å². The van der Waals surface area contributed by atoms with Gasteiger partial charge in [-0.3, -0.25) is 9.48 Å². The highest BCUT2D eigenvalue weighted by molar-refractivity contribution is 6.06. The number of piperidine rings is 1. The predicted molar refractivity (Wildman–Crippen MR) is 98.6 cm³/mol. The van der Waals surface area contributed by atoms with Gasteiger partial charge in [0.2, 0.25) is 0 Å². The summed E-state index contributed by atoms with van der Waals surface area (Å²) in [5, 5.41) is 5.44. The second-order valence-electron chi connectivity index (χ2n) is 7.05. The lowest BCUT2D eigenvalue weighted by Gasteiger charge is -2.36. The van der Waals surface area contributed by atoms with Gasteiger partial charge in [-0.1, -0.05) is 6.07 Å². The summed E-state index contributed by atoms with van der Waals surface area (Å²) in [6.45, 7) is 3.64. The number of aromatic nitrogens is 3. The molecule has 1 aliphatic heterocycles. The molecule has 0 bridgehead atoms. The molecule has 130 valence electrons. The van der Waals surface area contributed by atoms with Crippen molar-refractivity contribution in [2.45, 2.75) is 38.8 Å². The van der Waals surface area contributed by atoms with E-state index >= 15 is 0 Å². The highest BCUT2D eigenvalue weighted by Gasteiger charge is 2.29. The minimum absolute atomic E-state index is 0.144. The lowest BCUT2D eigenvalue weighted by molar-refractivity contribution is 0.0586. The zero-order valence-corrected chi connectivity index (χ0v) is 14.9. The quantitative estimate of drug-likeness (QED) is 0.736. The third kappa shape index (κ3) is 2.95. The third-order valence-electron chi connectivity index (χ3n) is 5.21. The Balaban J connectivity index is 1.64. The van der Waals surface area contributed by atoms with Crippen LogP contribution in [-0.4, -0.2) is 37.7 Å². The summed E-state index contributed by atoms with van der Waals surface area (Å²) >= 11 is 0. The lowest BCUT2D eigenvalue weighted by Crippen LogP contribution is -2.46. The van der Waals surface area contributed by atoms with Crippen LogP contribution in [0.25, 0.3) is 10.9 Å². The second kappa shape index (κ2) is 6.39. The van der Waals surface area contributed by atoms with Crippen LogP contribution in [0.2, 0.25) is 0 Å². The maximum absolute atomic E-state index is 13.3. The Morgan fingerprint density at radius 1 is 1.28 bits per heavy atom. The number of rotatable bonds is 3. The molecule has 0 spiro atoms. The van der Waals surface area contributed by atoms with Crippen molar-refractivity contribution in [1.29, 1.82) is 0 Å². The number of aryl methyl sites for hydroxylation is 2. The lowest BCUT2D eigenvalue weighted by atomic mass is 9.99. The van der Waals surface area contributed by atoms with E-state index in [1.54, 1.807) is 0 Å². The first-order chi connectivity index (χ1) is 12.1. The first-order valence-electron chi connectivity index (χ1n) is 8.97. The molecule has 1 fully saturated rings. The van der Waals surface area contributed by atoms with Gasteiger partial charge in [0.25, 0.3) is 5.91 Å². The Kier molecular flexibility index (Phi) is 4.07. The molecular weight excluding hydrogens is 312 g/mol. The van der Waals surface area contributed by atoms with Crippen LogP contribution in [-0.2, 0) is 13.6 Å². The molecule has 1 amide bonds. The van der Waals surface area contributed by atoms with Crippen molar-refractivity contribution in [2.24, 2.45) is 7.05 Å². The maximum atomic E-state index is 13.3. The molecule has 1 aromatic carbocycles. The van der Waals surface area contributed by atoms with Crippen molar-refractivity contribution in [3.05, 3.63) is 54.0 Å². The molecule has 2 aromatic heterocycles. The molecule has 5 heteroatoms. The molecule has 3 heterocycles. The van der Waals surface area contributed by atoms with Gasteiger partial charge in [-0.05, 0) is 49.9 Å². The summed E-state index contributed by atoms with van der Waals surface area (Å²) in [4.78, 5) is 15.4. The molecule has 0 saturated carbocycles. The van der Waals surface area contributed by atoms with E-state index in [1.807, 2.05) is 49.2 Å². The number of hydrogen-bond donors (Lipinski definition) is 0. The van der Waals surface area contributed by atoms with Crippen molar-refractivity contribution in [2.75, 3.05) is 6.54 Å². The highest BCUT2D eigenvalue weighted by Crippen LogP contribution is 2.25. The predicted octanol–water partition coefficient (Wildman–Crippen LogP) is 3.38. The van der Waals surface area contributed by atoms with Gasteiger partial charge in [0.1, 0.15) is 0 Å². The van der Waals surface area contributed by atoms with Crippen LogP contribution in [0.5, 0.6) is 0 Å². The van der Waals surface area contributed by atoms with Crippen LogP contribution >= 0.6 is 0 Å². The fourth-order valence-electron chi connectivity index (χ4n) is 3.88. The van der Waals surface area contributed by atoms with E-state index in [2.05, 4.69) is 26.8 Å². The summed E-state index contributed by atoms with van der Waals surface area (Å²) in [6, 6.07) is 8.24. The molecule has 5 nitrogen and oxygen atoms in total. The summed E-state index contributed by atoms with van der Waals surface area (Å²) in [5.41, 5.74) is 3.06. The largest absolute Gasteiger partial charge is 0.351 e. The average molecular weight is 336 g/mol. The molecule has 1 saturated heterocycles. The number of benzene rings is 1. The molecule has 4 rings (SSSR count). The van der Waals surface area contributed by atoms with E-state index in [0.717, 1.165) is 48.0 Å². The van der Waals surface area contributed by atoms with E-state index in [9.17, 15) is 4.79 Å². The molecule has 3 aromatic rings. The van der Waals surface area contributed by atoms with Gasteiger partial charge in [-0.2, -0.15) is 5.10 Å². The zero-order chi connectivity index (χ0) is 17.4. The summed E-state index contributed by atoms with van der Waals surface area (Å²) in [7, 11) is 2.01. The average Bonchev–Trinajstić information content (AvgIpc) is 3.21. The van der Waals surface area contributed by atoms with E-state index in [4.69, 9.17) is 0 Å². The standard InChI is InChI=1S/C20H24N4O/c1-15-12-21-23(13-15)14-16-6-3-4-10-24(16)20(25)18-7-5-8-19-17(18)9-11-22(19)2/h5,7-9,11-13,16H,3-4,6,10,14H2,1-2H3. The van der Waals surface area contributed by atoms with Crippen LogP contribution in [0.15, 0.2) is 42.9 Å². The first-order valence-corrected chi connectivity index (χ1v) is 8.97. The number of amides is 1. The van der Waals surface area contributed by atoms with Crippen LogP contribution in [0.3, 0.4) is 0 Å². The van der Waals surface area contributed by atoms with Crippen molar-refractivity contribution in [3.63, 3.8) is 0 Å². The Bertz CT molecular complexity index is 907. The number of nitrogens with zero attached hydrogens (tertiary/aromatic N) is 4. The van der Waals surface area contributed by atoms with E-state index in [0.29, 0.717) is 0 Å². The van der Waals surface area contributed by atoms with Crippen molar-refractivity contribution >= 4 is 16.8 Å². The molecule has 1 atom stereocenters. The SMILES string of the molecule is Cc1cnn(CC2CCCCN2C(=O)c2cccc3c2ccn3C)c1. The fourth-order valence-corrected chi connectivity index (χ4v) is 3.88. The highest BCUT2D eigenvalue weighted by atomic mass is 16.2. The normalized spacial score (nSPS) is 18.0. The summed E-state index contributed by atoms with van der Waals surface area (Å²) in [6.07, 6.45) is 9.22. The van der Waals surface area contributed by atoms with Crippen molar-refractivity contribution in [3.8, 4) is 0 Å². The van der Waals surface area contributed by atoms with Crippen molar-refractivity contribution < 1.29 is 4.79 Å². The van der Waals surface area contributed by atoms with Crippen LogP contribution in [0, 0.1) is 6.92 Å². The van der Waals surface area contributed by atoms with Gasteiger partial charge < -0.3 is 9.47 Å². The summed E-state index contributed by atoms with van der Waals surface area (Å²) < 4.78 is 4.03. The minimum Gasteiger partial charge on any atom is -0.351 e. The van der Waals surface area contributed by atoms with Gasteiger partial charge in [-0.15, -0.1) is 0 Å². The Hall–Kier alpha value is -2.56. The number of likely N-dealkylation sites (tertiary alicyclic amines) is 1. The van der Waals surface area contributed by atoms with Gasteiger partial charge >= 0.3 is 0 Å². The molecular formula is C20H24N4O. The molecule has 0 radical (unpaired) electrons. The zero-order valence-electron chi connectivity index (χ0n) is 14.9. The number of carbonyl (C=O) groups is 1. The number of hydrogen-bond acceptors (Lipinski definition) is 2. The Labute approximate surface area is 147 Å². The van der Waals surface area contributed by atoms with Gasteiger partial charge in [0.15, 0.2) is 0 Å². The Morgan fingerprint density at radius 2 is 2.16 bits per heavy atom. The number of fused-ring (bicyclic) bond motifs is 1. The maximum Gasteiger partial charge on any atom is 0.254 e. The van der Waals surface area contributed by atoms with Crippen LogP contribution in [0.4, 0.5) is 0 Å². The van der Waals surface area contributed by atoms with Crippen LogP contribution < -0.4 is 0 Å². The molecule has 25 heavy (non-hydrogen) atoms. The Morgan fingerprint density at radius 3 is 2.96 bits per heavy atom. The summed E-state index contributed by atoms with van der Waals surface area (Å²) in [5.74, 6) is 0.144. The molecule has 0 aliphatic carbocycles. The second-order valence-corrected chi connectivity index (χ2v) is 7.05. The van der Waals surface area contributed by atoms with Gasteiger partial charge in [-0.25, -0.2) is 0 Å². The molecule has 0 N–H and O–H groups in total. The topological polar surface area (TPSA) is 43.1 Å².